The van der Waals surface area contributed by atoms with Crippen molar-refractivity contribution in [3.05, 3.63) is 58.9 Å². The predicted octanol–water partition coefficient (Wildman–Crippen LogP) is 4.42. The lowest BCUT2D eigenvalue weighted by molar-refractivity contribution is 0.299. The molecule has 0 saturated heterocycles. The molecule has 1 aliphatic carbocycles. The predicted molar refractivity (Wildman–Crippen MR) is 76.5 cm³/mol. The summed E-state index contributed by atoms with van der Waals surface area (Å²) in [6.07, 6.45) is 7.86. The normalized spacial score (nSPS) is 19.2. The monoisotopic (exact) mass is 242 g/mol. The number of allylic oxidation sites excluding steroid dienone is 3. The van der Waals surface area contributed by atoms with Crippen molar-refractivity contribution in [3.8, 4) is 0 Å². The van der Waals surface area contributed by atoms with Crippen LogP contribution in [0.4, 0.5) is 0 Å². The van der Waals surface area contributed by atoms with Gasteiger partial charge in [-0.15, -0.1) is 0 Å². The molecule has 0 aromatic heterocycles. The zero-order valence-corrected chi connectivity index (χ0v) is 11.6. The van der Waals surface area contributed by atoms with Crippen LogP contribution in [-0.2, 0) is 11.2 Å². The Bertz CT molecular complexity index is 451. The van der Waals surface area contributed by atoms with E-state index >= 15 is 0 Å². The van der Waals surface area contributed by atoms with Crippen LogP contribution >= 0.6 is 0 Å². The molecule has 1 atom stereocenters. The maximum atomic E-state index is 5.27. The number of ether oxygens (including phenoxy) is 1. The minimum atomic E-state index is 0.671. The lowest BCUT2D eigenvalue weighted by Gasteiger charge is -2.21. The van der Waals surface area contributed by atoms with Gasteiger partial charge in [0, 0.05) is 0 Å². The molecule has 1 aromatic rings. The average molecular weight is 242 g/mol. The highest BCUT2D eigenvalue weighted by Crippen LogP contribution is 2.27. The molecule has 18 heavy (non-hydrogen) atoms. The second kappa shape index (κ2) is 5.90. The zero-order valence-electron chi connectivity index (χ0n) is 11.6. The molecule has 0 heterocycles. The molecule has 1 heteroatoms. The summed E-state index contributed by atoms with van der Waals surface area (Å²) < 4.78 is 5.27. The molecule has 0 amide bonds. The van der Waals surface area contributed by atoms with Crippen molar-refractivity contribution in [1.29, 1.82) is 0 Å². The third kappa shape index (κ3) is 3.25. The van der Waals surface area contributed by atoms with E-state index in [4.69, 9.17) is 4.74 Å². The van der Waals surface area contributed by atoms with Gasteiger partial charge in [-0.25, -0.2) is 0 Å². The van der Waals surface area contributed by atoms with Crippen LogP contribution in [0, 0.1) is 12.8 Å². The molecule has 0 bridgehead atoms. The fraction of sp³-hybridized carbons (Fsp3) is 0.412. The van der Waals surface area contributed by atoms with E-state index in [2.05, 4.69) is 50.3 Å². The SMILES string of the molecule is COC1=CCC(CCc2ccc(C)cc2)C(C)=C1. The number of rotatable bonds is 4. The molecule has 2 rings (SSSR count). The van der Waals surface area contributed by atoms with E-state index < -0.39 is 0 Å². The highest BCUT2D eigenvalue weighted by atomic mass is 16.5. The van der Waals surface area contributed by atoms with Crippen LogP contribution in [0.1, 0.15) is 30.9 Å². The molecule has 0 fully saturated rings. The highest BCUT2D eigenvalue weighted by Gasteiger charge is 2.14. The van der Waals surface area contributed by atoms with Gasteiger partial charge >= 0.3 is 0 Å². The first kappa shape index (κ1) is 12.9. The largest absolute Gasteiger partial charge is 0.497 e. The molecular formula is C17H22O. The molecule has 1 aliphatic rings. The first-order valence-corrected chi connectivity index (χ1v) is 6.67. The van der Waals surface area contributed by atoms with Gasteiger partial charge in [-0.05, 0) is 56.7 Å². The number of methoxy groups -OCH3 is 1. The van der Waals surface area contributed by atoms with Crippen molar-refractivity contribution in [3.63, 3.8) is 0 Å². The second-order valence-corrected chi connectivity index (χ2v) is 5.16. The second-order valence-electron chi connectivity index (χ2n) is 5.16. The average Bonchev–Trinajstić information content (AvgIpc) is 2.39. The topological polar surface area (TPSA) is 9.23 Å². The minimum absolute atomic E-state index is 0.671. The van der Waals surface area contributed by atoms with Crippen LogP contribution in [-0.4, -0.2) is 7.11 Å². The fourth-order valence-corrected chi connectivity index (χ4v) is 2.43. The van der Waals surface area contributed by atoms with Crippen molar-refractivity contribution in [2.45, 2.75) is 33.1 Å². The van der Waals surface area contributed by atoms with E-state index in [9.17, 15) is 0 Å². The zero-order chi connectivity index (χ0) is 13.0. The lowest BCUT2D eigenvalue weighted by atomic mass is 9.87. The van der Waals surface area contributed by atoms with E-state index in [0.29, 0.717) is 5.92 Å². The highest BCUT2D eigenvalue weighted by molar-refractivity contribution is 5.26. The third-order valence-corrected chi connectivity index (χ3v) is 3.76. The molecule has 96 valence electrons. The van der Waals surface area contributed by atoms with Gasteiger partial charge in [-0.2, -0.15) is 0 Å². The fourth-order valence-electron chi connectivity index (χ4n) is 2.43. The molecule has 0 radical (unpaired) electrons. The van der Waals surface area contributed by atoms with Gasteiger partial charge in [-0.3, -0.25) is 0 Å². The minimum Gasteiger partial charge on any atom is -0.497 e. The first-order chi connectivity index (χ1) is 8.69. The summed E-state index contributed by atoms with van der Waals surface area (Å²) in [6.45, 7) is 4.35. The van der Waals surface area contributed by atoms with E-state index in [1.807, 2.05) is 0 Å². The lowest BCUT2D eigenvalue weighted by Crippen LogP contribution is -2.08. The van der Waals surface area contributed by atoms with Crippen molar-refractivity contribution >= 4 is 0 Å². The number of benzene rings is 1. The van der Waals surface area contributed by atoms with Crippen LogP contribution in [0.3, 0.4) is 0 Å². The Morgan fingerprint density at radius 2 is 1.89 bits per heavy atom. The van der Waals surface area contributed by atoms with E-state index in [0.717, 1.165) is 18.6 Å². The standard InChI is InChI=1S/C17H22O/c1-13-4-6-15(7-5-13)8-9-16-10-11-17(18-3)12-14(16)2/h4-7,11-12,16H,8-10H2,1-3H3. The Hall–Kier alpha value is -1.50. The summed E-state index contributed by atoms with van der Waals surface area (Å²) >= 11 is 0. The summed E-state index contributed by atoms with van der Waals surface area (Å²) in [5, 5.41) is 0. The number of hydrogen-bond donors (Lipinski definition) is 0. The Morgan fingerprint density at radius 3 is 2.50 bits per heavy atom. The number of aryl methyl sites for hydroxylation is 2. The molecule has 0 saturated carbocycles. The molecule has 0 N–H and O–H groups in total. The smallest absolute Gasteiger partial charge is 0.114 e. The molecule has 0 spiro atoms. The molecule has 0 aliphatic heterocycles. The Labute approximate surface area is 110 Å². The maximum absolute atomic E-state index is 5.27. The molecule has 1 aromatic carbocycles. The van der Waals surface area contributed by atoms with E-state index in [-0.39, 0.29) is 0 Å². The van der Waals surface area contributed by atoms with Gasteiger partial charge in [-0.1, -0.05) is 35.4 Å². The van der Waals surface area contributed by atoms with Crippen LogP contribution in [0.2, 0.25) is 0 Å². The van der Waals surface area contributed by atoms with Crippen molar-refractivity contribution in [2.24, 2.45) is 5.92 Å². The van der Waals surface area contributed by atoms with Crippen LogP contribution < -0.4 is 0 Å². The quantitative estimate of drug-likeness (QED) is 0.759. The van der Waals surface area contributed by atoms with Crippen LogP contribution in [0.25, 0.3) is 0 Å². The van der Waals surface area contributed by atoms with Crippen LogP contribution in [0.5, 0.6) is 0 Å². The van der Waals surface area contributed by atoms with Crippen LogP contribution in [0.15, 0.2) is 47.7 Å². The van der Waals surface area contributed by atoms with Gasteiger partial charge in [0.1, 0.15) is 5.76 Å². The molecular weight excluding hydrogens is 220 g/mol. The summed E-state index contributed by atoms with van der Waals surface area (Å²) in [6, 6.07) is 8.88. The van der Waals surface area contributed by atoms with Crippen molar-refractivity contribution < 1.29 is 4.74 Å². The summed E-state index contributed by atoms with van der Waals surface area (Å²) in [7, 11) is 1.74. The Morgan fingerprint density at radius 1 is 1.17 bits per heavy atom. The van der Waals surface area contributed by atoms with Gasteiger partial charge < -0.3 is 4.74 Å². The summed E-state index contributed by atoms with van der Waals surface area (Å²) in [4.78, 5) is 0. The van der Waals surface area contributed by atoms with Gasteiger partial charge in [0.15, 0.2) is 0 Å². The molecule has 1 nitrogen and oxygen atoms in total. The molecule has 1 unspecified atom stereocenters. The first-order valence-electron chi connectivity index (χ1n) is 6.67. The van der Waals surface area contributed by atoms with Gasteiger partial charge in [0.25, 0.3) is 0 Å². The van der Waals surface area contributed by atoms with Gasteiger partial charge in [0.2, 0.25) is 0 Å². The number of hydrogen-bond acceptors (Lipinski definition) is 1. The maximum Gasteiger partial charge on any atom is 0.114 e. The van der Waals surface area contributed by atoms with Crippen molar-refractivity contribution in [2.75, 3.05) is 7.11 Å². The Balaban J connectivity index is 1.90. The van der Waals surface area contributed by atoms with E-state index in [1.54, 1.807) is 7.11 Å². The van der Waals surface area contributed by atoms with E-state index in [1.165, 1.54) is 23.1 Å². The van der Waals surface area contributed by atoms with Gasteiger partial charge in [0.05, 0.1) is 7.11 Å². The van der Waals surface area contributed by atoms with Crippen molar-refractivity contribution in [1.82, 2.24) is 0 Å². The summed E-state index contributed by atoms with van der Waals surface area (Å²) in [5.41, 5.74) is 4.22. The summed E-state index contributed by atoms with van der Waals surface area (Å²) in [5.74, 6) is 1.68. The Kier molecular flexibility index (Phi) is 4.24. The third-order valence-electron chi connectivity index (χ3n) is 3.76.